The summed E-state index contributed by atoms with van der Waals surface area (Å²) in [7, 11) is 2.84. The van der Waals surface area contributed by atoms with E-state index in [1.165, 1.54) is 51.5 Å². The number of carboxylic acids is 1. The highest BCUT2D eigenvalue weighted by Crippen LogP contribution is 2.34. The topological polar surface area (TPSA) is 131 Å². The molecule has 2 N–H and O–H groups in total. The third kappa shape index (κ3) is 4.53. The lowest BCUT2D eigenvalue weighted by Crippen LogP contribution is -2.54. The lowest BCUT2D eigenvalue weighted by Gasteiger charge is -2.27. The van der Waals surface area contributed by atoms with Gasteiger partial charge in [-0.2, -0.15) is 0 Å². The second kappa shape index (κ2) is 9.21. The number of rotatable bonds is 7. The van der Waals surface area contributed by atoms with Crippen molar-refractivity contribution in [2.24, 2.45) is 0 Å². The molecule has 10 nitrogen and oxygen atoms in total. The number of hydrogen-bond acceptors (Lipinski definition) is 7. The van der Waals surface area contributed by atoms with Gasteiger partial charge in [-0.05, 0) is 42.8 Å². The van der Waals surface area contributed by atoms with Crippen LogP contribution in [0.3, 0.4) is 0 Å². The van der Waals surface area contributed by atoms with Crippen LogP contribution < -0.4 is 24.4 Å². The fraction of sp³-hybridized carbons (Fsp3) is 0.182. The zero-order chi connectivity index (χ0) is 23.4. The highest BCUT2D eigenvalue weighted by Gasteiger charge is 2.38. The Balaban J connectivity index is 1.92. The number of ether oxygens (including phenoxy) is 3. The summed E-state index contributed by atoms with van der Waals surface area (Å²) < 4.78 is 15.6. The zero-order valence-corrected chi connectivity index (χ0v) is 17.4. The summed E-state index contributed by atoms with van der Waals surface area (Å²) >= 11 is 0. The molecule has 166 valence electrons. The fourth-order valence-electron chi connectivity index (χ4n) is 2.91. The van der Waals surface area contributed by atoms with Gasteiger partial charge in [-0.25, -0.2) is 14.5 Å². The van der Waals surface area contributed by atoms with Crippen molar-refractivity contribution in [1.29, 1.82) is 0 Å². The number of carbonyl (C=O) groups excluding carboxylic acids is 3. The first-order chi connectivity index (χ1) is 15.2. The summed E-state index contributed by atoms with van der Waals surface area (Å²) in [5.41, 5.74) is 0.338. The van der Waals surface area contributed by atoms with Crippen LogP contribution in [-0.4, -0.2) is 49.2 Å². The van der Waals surface area contributed by atoms with Gasteiger partial charge in [0.05, 0.1) is 19.9 Å². The average Bonchev–Trinajstić information content (AvgIpc) is 2.77. The molecule has 4 amide bonds. The molecule has 1 atom stereocenters. The standard InChI is InChI=1S/C22H20N2O8/c1-12(21(27)28)32-14-6-4-13(5-7-14)10-16-19(25)23-22(29)24(20(16)26)17-9-8-15(30-2)11-18(17)31-3/h4-12H,1-3H3,(H,27,28)(H,23,25,29)/b16-10-/t12-/m1/s1. The molecular weight excluding hydrogens is 420 g/mol. The molecule has 0 aliphatic carbocycles. The molecule has 0 saturated carbocycles. The molecule has 1 aliphatic heterocycles. The van der Waals surface area contributed by atoms with Gasteiger partial charge in [0.25, 0.3) is 11.8 Å². The Morgan fingerprint density at radius 3 is 2.28 bits per heavy atom. The van der Waals surface area contributed by atoms with Gasteiger partial charge >= 0.3 is 12.0 Å². The lowest BCUT2D eigenvalue weighted by molar-refractivity contribution is -0.144. The number of carbonyl (C=O) groups is 4. The van der Waals surface area contributed by atoms with Crippen LogP contribution in [0, 0.1) is 0 Å². The number of aliphatic carboxylic acids is 1. The van der Waals surface area contributed by atoms with Crippen molar-refractivity contribution in [1.82, 2.24) is 5.32 Å². The Morgan fingerprint density at radius 1 is 1.03 bits per heavy atom. The Kier molecular flexibility index (Phi) is 6.43. The SMILES string of the molecule is COc1ccc(N2C(=O)NC(=O)/C(=C/c3ccc(O[C@H](C)C(=O)O)cc3)C2=O)c(OC)c1. The van der Waals surface area contributed by atoms with Crippen molar-refractivity contribution >= 4 is 35.6 Å². The maximum Gasteiger partial charge on any atom is 0.344 e. The number of anilines is 1. The fourth-order valence-corrected chi connectivity index (χ4v) is 2.91. The van der Waals surface area contributed by atoms with Gasteiger partial charge in [0.1, 0.15) is 22.8 Å². The summed E-state index contributed by atoms with van der Waals surface area (Å²) in [6.45, 7) is 1.39. The van der Waals surface area contributed by atoms with E-state index in [2.05, 4.69) is 5.32 Å². The minimum Gasteiger partial charge on any atom is -0.497 e. The van der Waals surface area contributed by atoms with Crippen molar-refractivity contribution in [2.45, 2.75) is 13.0 Å². The number of urea groups is 1. The summed E-state index contributed by atoms with van der Waals surface area (Å²) in [6, 6.07) is 9.73. The van der Waals surface area contributed by atoms with Crippen LogP contribution in [0.2, 0.25) is 0 Å². The molecule has 0 spiro atoms. The molecule has 1 aliphatic rings. The van der Waals surface area contributed by atoms with E-state index < -0.39 is 29.9 Å². The highest BCUT2D eigenvalue weighted by atomic mass is 16.5. The largest absolute Gasteiger partial charge is 0.497 e. The minimum absolute atomic E-state index is 0.139. The van der Waals surface area contributed by atoms with E-state index in [-0.39, 0.29) is 17.0 Å². The molecule has 32 heavy (non-hydrogen) atoms. The predicted molar refractivity (Wildman–Crippen MR) is 113 cm³/mol. The van der Waals surface area contributed by atoms with Gasteiger partial charge < -0.3 is 19.3 Å². The highest BCUT2D eigenvalue weighted by molar-refractivity contribution is 6.39. The van der Waals surface area contributed by atoms with Crippen molar-refractivity contribution in [3.8, 4) is 17.2 Å². The maximum atomic E-state index is 13.1. The number of nitrogens with zero attached hydrogens (tertiary/aromatic N) is 1. The van der Waals surface area contributed by atoms with Gasteiger partial charge in [-0.1, -0.05) is 12.1 Å². The quantitative estimate of drug-likeness (QED) is 0.495. The molecule has 0 radical (unpaired) electrons. The van der Waals surface area contributed by atoms with E-state index in [1.807, 2.05) is 0 Å². The van der Waals surface area contributed by atoms with Gasteiger partial charge in [0, 0.05) is 6.07 Å². The van der Waals surface area contributed by atoms with Crippen LogP contribution in [0.25, 0.3) is 6.08 Å². The molecule has 1 saturated heterocycles. The van der Waals surface area contributed by atoms with E-state index in [0.29, 0.717) is 17.1 Å². The smallest absolute Gasteiger partial charge is 0.344 e. The van der Waals surface area contributed by atoms with Gasteiger partial charge in [0.2, 0.25) is 0 Å². The molecule has 2 aromatic carbocycles. The van der Waals surface area contributed by atoms with E-state index in [0.717, 1.165) is 4.90 Å². The molecular formula is C22H20N2O8. The van der Waals surface area contributed by atoms with Crippen LogP contribution in [-0.2, 0) is 14.4 Å². The zero-order valence-electron chi connectivity index (χ0n) is 17.4. The molecule has 10 heteroatoms. The van der Waals surface area contributed by atoms with Crippen molar-refractivity contribution < 1.29 is 38.5 Å². The number of nitrogens with one attached hydrogen (secondary N) is 1. The monoisotopic (exact) mass is 440 g/mol. The summed E-state index contributed by atoms with van der Waals surface area (Å²) in [6.07, 6.45) is 0.279. The average molecular weight is 440 g/mol. The van der Waals surface area contributed by atoms with Crippen molar-refractivity contribution in [3.05, 3.63) is 53.6 Å². The number of benzene rings is 2. The first kappa shape index (κ1) is 22.3. The van der Waals surface area contributed by atoms with E-state index in [4.69, 9.17) is 19.3 Å². The normalized spacial score (nSPS) is 15.9. The molecule has 1 fully saturated rings. The number of imide groups is 2. The van der Waals surface area contributed by atoms with Gasteiger partial charge in [0.15, 0.2) is 6.10 Å². The summed E-state index contributed by atoms with van der Waals surface area (Å²) in [5, 5.41) is 11.1. The molecule has 0 aromatic heterocycles. The second-order valence-corrected chi connectivity index (χ2v) is 6.66. The first-order valence-electron chi connectivity index (χ1n) is 9.38. The Bertz CT molecular complexity index is 1110. The first-order valence-corrected chi connectivity index (χ1v) is 9.38. The Labute approximate surface area is 183 Å². The Morgan fingerprint density at radius 2 is 1.69 bits per heavy atom. The van der Waals surface area contributed by atoms with Crippen LogP contribution >= 0.6 is 0 Å². The van der Waals surface area contributed by atoms with E-state index in [1.54, 1.807) is 18.2 Å². The third-order valence-corrected chi connectivity index (χ3v) is 4.58. The van der Waals surface area contributed by atoms with Crippen LogP contribution in [0.4, 0.5) is 10.5 Å². The summed E-state index contributed by atoms with van der Waals surface area (Å²) in [4.78, 5) is 49.5. The predicted octanol–water partition coefficient (Wildman–Crippen LogP) is 2.22. The molecule has 0 unspecified atom stereocenters. The van der Waals surface area contributed by atoms with Gasteiger partial charge in [-0.15, -0.1) is 0 Å². The van der Waals surface area contributed by atoms with Crippen molar-refractivity contribution in [2.75, 3.05) is 19.1 Å². The number of hydrogen-bond donors (Lipinski definition) is 2. The maximum absolute atomic E-state index is 13.1. The molecule has 0 bridgehead atoms. The third-order valence-electron chi connectivity index (χ3n) is 4.58. The van der Waals surface area contributed by atoms with Crippen molar-refractivity contribution in [3.63, 3.8) is 0 Å². The number of methoxy groups -OCH3 is 2. The van der Waals surface area contributed by atoms with Gasteiger partial charge in [-0.3, -0.25) is 14.9 Å². The molecule has 1 heterocycles. The number of amides is 4. The lowest BCUT2D eigenvalue weighted by atomic mass is 10.1. The molecule has 3 rings (SSSR count). The Hall–Kier alpha value is -4.34. The van der Waals surface area contributed by atoms with E-state index >= 15 is 0 Å². The second-order valence-electron chi connectivity index (χ2n) is 6.66. The minimum atomic E-state index is -1.11. The van der Waals surface area contributed by atoms with Crippen LogP contribution in [0.1, 0.15) is 12.5 Å². The van der Waals surface area contributed by atoms with Crippen LogP contribution in [0.5, 0.6) is 17.2 Å². The number of barbiturate groups is 1. The van der Waals surface area contributed by atoms with E-state index in [9.17, 15) is 19.2 Å². The molecule has 2 aromatic rings. The van der Waals surface area contributed by atoms with Crippen LogP contribution in [0.15, 0.2) is 48.0 Å². The number of carboxylic acid groups (broad SMARTS) is 1. The summed E-state index contributed by atoms with van der Waals surface area (Å²) in [5.74, 6) is -1.82.